The van der Waals surface area contributed by atoms with Gasteiger partial charge in [-0.3, -0.25) is 0 Å². The summed E-state index contributed by atoms with van der Waals surface area (Å²) < 4.78 is 10.4. The second-order valence-corrected chi connectivity index (χ2v) is 4.12. The monoisotopic (exact) mass is 279 g/mol. The van der Waals surface area contributed by atoms with Gasteiger partial charge in [-0.1, -0.05) is 11.6 Å². The summed E-state index contributed by atoms with van der Waals surface area (Å²) in [5.74, 6) is 2.34. The molecule has 19 heavy (non-hydrogen) atoms. The fourth-order valence-electron chi connectivity index (χ4n) is 1.68. The first-order valence-corrected chi connectivity index (χ1v) is 6.00. The first-order valence-electron chi connectivity index (χ1n) is 5.62. The topological polar surface area (TPSA) is 56.3 Å². The van der Waals surface area contributed by atoms with Crippen LogP contribution in [0.1, 0.15) is 0 Å². The van der Waals surface area contributed by atoms with Crippen molar-refractivity contribution in [3.8, 4) is 22.9 Å². The number of anilines is 1. The van der Waals surface area contributed by atoms with Gasteiger partial charge in [0.25, 0.3) is 0 Å². The van der Waals surface area contributed by atoms with E-state index < -0.39 is 0 Å². The second-order valence-electron chi connectivity index (χ2n) is 3.71. The molecule has 1 heterocycles. The van der Waals surface area contributed by atoms with Crippen molar-refractivity contribution < 1.29 is 9.47 Å². The third-order valence-corrected chi connectivity index (χ3v) is 2.88. The van der Waals surface area contributed by atoms with Gasteiger partial charge in [0.2, 0.25) is 0 Å². The molecule has 2 aromatic rings. The van der Waals surface area contributed by atoms with E-state index in [-0.39, 0.29) is 0 Å². The molecule has 0 bridgehead atoms. The molecular weight excluding hydrogens is 266 g/mol. The number of ether oxygens (including phenoxy) is 2. The summed E-state index contributed by atoms with van der Waals surface area (Å²) in [7, 11) is 4.90. The van der Waals surface area contributed by atoms with Crippen LogP contribution in [0.25, 0.3) is 11.4 Å². The van der Waals surface area contributed by atoms with Crippen molar-refractivity contribution in [1.82, 2.24) is 9.97 Å². The summed E-state index contributed by atoms with van der Waals surface area (Å²) in [5.41, 5.74) is 0.764. The average Bonchev–Trinajstić information content (AvgIpc) is 2.46. The first kappa shape index (κ1) is 13.4. The van der Waals surface area contributed by atoms with Crippen LogP contribution in [0.5, 0.6) is 11.5 Å². The van der Waals surface area contributed by atoms with E-state index in [1.165, 1.54) is 0 Å². The van der Waals surface area contributed by atoms with Crippen LogP contribution in [0.15, 0.2) is 24.4 Å². The number of nitrogens with one attached hydrogen (secondary N) is 1. The number of benzene rings is 1. The molecule has 0 saturated carbocycles. The molecule has 0 fully saturated rings. The van der Waals surface area contributed by atoms with E-state index in [0.717, 1.165) is 11.4 Å². The highest BCUT2D eigenvalue weighted by Crippen LogP contribution is 2.38. The Bertz CT molecular complexity index is 590. The molecule has 2 rings (SSSR count). The zero-order valence-corrected chi connectivity index (χ0v) is 11.7. The molecule has 0 aliphatic carbocycles. The summed E-state index contributed by atoms with van der Waals surface area (Å²) in [5, 5.41) is 3.42. The average molecular weight is 280 g/mol. The predicted molar refractivity (Wildman–Crippen MR) is 75.1 cm³/mol. The second kappa shape index (κ2) is 5.75. The smallest absolute Gasteiger partial charge is 0.179 e. The molecule has 0 saturated heterocycles. The van der Waals surface area contributed by atoms with Crippen LogP contribution in [-0.2, 0) is 0 Å². The van der Waals surface area contributed by atoms with E-state index in [1.807, 2.05) is 0 Å². The number of aromatic nitrogens is 2. The highest BCUT2D eigenvalue weighted by Gasteiger charge is 2.13. The van der Waals surface area contributed by atoms with E-state index in [9.17, 15) is 0 Å². The van der Waals surface area contributed by atoms with Crippen molar-refractivity contribution in [2.24, 2.45) is 0 Å². The quantitative estimate of drug-likeness (QED) is 0.933. The third-order valence-electron chi connectivity index (χ3n) is 2.60. The van der Waals surface area contributed by atoms with Gasteiger partial charge in [0, 0.05) is 18.8 Å². The van der Waals surface area contributed by atoms with Gasteiger partial charge in [-0.15, -0.1) is 0 Å². The lowest BCUT2D eigenvalue weighted by molar-refractivity contribution is 0.355. The molecule has 6 heteroatoms. The summed E-state index contributed by atoms with van der Waals surface area (Å²) in [6, 6.07) is 5.32. The normalized spacial score (nSPS) is 10.1. The molecule has 0 unspecified atom stereocenters. The Morgan fingerprint density at radius 1 is 1.21 bits per heavy atom. The van der Waals surface area contributed by atoms with Gasteiger partial charge in [0.1, 0.15) is 5.82 Å². The van der Waals surface area contributed by atoms with Crippen molar-refractivity contribution in [2.75, 3.05) is 26.6 Å². The van der Waals surface area contributed by atoms with Gasteiger partial charge in [0.15, 0.2) is 17.3 Å². The molecule has 0 amide bonds. The summed E-state index contributed by atoms with van der Waals surface area (Å²) >= 11 is 6.16. The summed E-state index contributed by atoms with van der Waals surface area (Å²) in [4.78, 5) is 8.58. The van der Waals surface area contributed by atoms with Gasteiger partial charge in [0.05, 0.1) is 19.2 Å². The Morgan fingerprint density at radius 2 is 2.00 bits per heavy atom. The molecular formula is C13H14ClN3O2. The Balaban J connectivity index is 2.53. The number of hydrogen-bond acceptors (Lipinski definition) is 5. The van der Waals surface area contributed by atoms with Crippen molar-refractivity contribution in [2.45, 2.75) is 0 Å². The van der Waals surface area contributed by atoms with Crippen molar-refractivity contribution in [1.29, 1.82) is 0 Å². The molecule has 0 spiro atoms. The fourth-order valence-corrected chi connectivity index (χ4v) is 1.97. The van der Waals surface area contributed by atoms with Crippen LogP contribution < -0.4 is 14.8 Å². The number of hydrogen-bond donors (Lipinski definition) is 1. The largest absolute Gasteiger partial charge is 0.493 e. The minimum atomic E-state index is 0.454. The highest BCUT2D eigenvalue weighted by molar-refractivity contribution is 6.32. The minimum Gasteiger partial charge on any atom is -0.493 e. The third kappa shape index (κ3) is 2.71. The lowest BCUT2D eigenvalue weighted by Crippen LogP contribution is -1.97. The summed E-state index contributed by atoms with van der Waals surface area (Å²) in [6.07, 6.45) is 1.68. The molecule has 1 aromatic heterocycles. The number of nitrogens with zero attached hydrogens (tertiary/aromatic N) is 2. The van der Waals surface area contributed by atoms with Gasteiger partial charge >= 0.3 is 0 Å². The fraction of sp³-hybridized carbons (Fsp3) is 0.231. The van der Waals surface area contributed by atoms with Gasteiger partial charge in [-0.2, -0.15) is 0 Å². The maximum Gasteiger partial charge on any atom is 0.179 e. The van der Waals surface area contributed by atoms with Gasteiger partial charge < -0.3 is 14.8 Å². The number of rotatable bonds is 4. The van der Waals surface area contributed by atoms with Gasteiger partial charge in [-0.25, -0.2) is 9.97 Å². The molecule has 0 aliphatic heterocycles. The van der Waals surface area contributed by atoms with Crippen molar-refractivity contribution in [3.63, 3.8) is 0 Å². The first-order chi connectivity index (χ1) is 9.19. The van der Waals surface area contributed by atoms with E-state index in [0.29, 0.717) is 22.3 Å². The zero-order chi connectivity index (χ0) is 13.8. The number of methoxy groups -OCH3 is 2. The molecule has 0 atom stereocenters. The van der Waals surface area contributed by atoms with Crippen LogP contribution in [0.4, 0.5) is 5.82 Å². The van der Waals surface area contributed by atoms with Crippen LogP contribution in [-0.4, -0.2) is 31.2 Å². The lowest BCUT2D eigenvalue weighted by Gasteiger charge is -2.11. The van der Waals surface area contributed by atoms with Gasteiger partial charge in [-0.05, 0) is 18.2 Å². The Kier molecular flexibility index (Phi) is 4.06. The van der Waals surface area contributed by atoms with Crippen molar-refractivity contribution in [3.05, 3.63) is 29.4 Å². The molecule has 5 nitrogen and oxygen atoms in total. The maximum absolute atomic E-state index is 6.16. The minimum absolute atomic E-state index is 0.454. The highest BCUT2D eigenvalue weighted by atomic mass is 35.5. The zero-order valence-electron chi connectivity index (χ0n) is 10.9. The van der Waals surface area contributed by atoms with Crippen LogP contribution in [0, 0.1) is 0 Å². The van der Waals surface area contributed by atoms with Crippen LogP contribution in [0.2, 0.25) is 5.02 Å². The SMILES string of the molecule is CNc1ccnc(-c2cc(Cl)c(OC)c(OC)c2)n1. The molecule has 1 aromatic carbocycles. The Labute approximate surface area is 116 Å². The standard InChI is InChI=1S/C13H14ClN3O2/c1-15-11-4-5-16-13(17-11)8-6-9(14)12(19-3)10(7-8)18-2/h4-7H,1-3H3,(H,15,16,17). The van der Waals surface area contributed by atoms with E-state index in [1.54, 1.807) is 45.7 Å². The van der Waals surface area contributed by atoms with Crippen LogP contribution in [0.3, 0.4) is 0 Å². The molecule has 1 N–H and O–H groups in total. The molecule has 100 valence electrons. The molecule has 0 radical (unpaired) electrons. The van der Waals surface area contributed by atoms with E-state index in [2.05, 4.69) is 15.3 Å². The van der Waals surface area contributed by atoms with E-state index >= 15 is 0 Å². The summed E-state index contributed by atoms with van der Waals surface area (Å²) in [6.45, 7) is 0. The predicted octanol–water partition coefficient (Wildman–Crippen LogP) is 2.86. The maximum atomic E-state index is 6.16. The Hall–Kier alpha value is -2.01. The van der Waals surface area contributed by atoms with Crippen molar-refractivity contribution >= 4 is 17.4 Å². The number of halogens is 1. The Morgan fingerprint density at radius 3 is 2.63 bits per heavy atom. The lowest BCUT2D eigenvalue weighted by atomic mass is 10.2. The van der Waals surface area contributed by atoms with E-state index in [4.69, 9.17) is 21.1 Å². The molecule has 0 aliphatic rings. The van der Waals surface area contributed by atoms with Crippen LogP contribution >= 0.6 is 11.6 Å².